The summed E-state index contributed by atoms with van der Waals surface area (Å²) in [5, 5.41) is 0. The molecule has 1 aliphatic heterocycles. The van der Waals surface area contributed by atoms with Crippen LogP contribution in [0.15, 0.2) is 103 Å². The summed E-state index contributed by atoms with van der Waals surface area (Å²) in [5.74, 6) is -0.502. The molecule has 0 radical (unpaired) electrons. The molecule has 0 aromatic heterocycles. The summed E-state index contributed by atoms with van der Waals surface area (Å²) in [4.78, 5) is 26.5. The number of esters is 1. The fraction of sp³-hybridized carbons (Fsp3) is 0.560. The average Bonchev–Trinajstić information content (AvgIpc) is 3.25. The second kappa shape index (κ2) is 22.6. The van der Waals surface area contributed by atoms with Crippen molar-refractivity contribution in [1.82, 2.24) is 0 Å². The Kier molecular flexibility index (Phi) is 17.9. The summed E-state index contributed by atoms with van der Waals surface area (Å²) in [6, 6.07) is 29.2. The number of aldehydes is 1. The molecular weight excluding hydrogens is 773 g/mol. The van der Waals surface area contributed by atoms with Gasteiger partial charge in [-0.3, -0.25) is 4.79 Å². The number of benzene rings is 3. The maximum absolute atomic E-state index is 13.7. The largest absolute Gasteiger partial charge is 0.461 e. The van der Waals surface area contributed by atoms with Crippen molar-refractivity contribution >= 4 is 20.6 Å². The van der Waals surface area contributed by atoms with Crippen LogP contribution in [0.1, 0.15) is 102 Å². The highest BCUT2D eigenvalue weighted by Crippen LogP contribution is 2.52. The third-order valence-corrected chi connectivity index (χ3v) is 19.2. The number of carbonyl (C=O) groups excluding carboxylic acids is 2. The van der Waals surface area contributed by atoms with Crippen LogP contribution in [0.4, 0.5) is 0 Å². The molecular formula is C50H70O9Si. The number of rotatable bonds is 22. The highest BCUT2D eigenvalue weighted by atomic mass is 28.4. The van der Waals surface area contributed by atoms with Gasteiger partial charge in [0.25, 0.3) is 0 Å². The summed E-state index contributed by atoms with van der Waals surface area (Å²) < 4.78 is 46.2. The molecule has 2 aliphatic rings. The number of carbonyl (C=O) groups is 2. The van der Waals surface area contributed by atoms with Crippen molar-refractivity contribution < 1.29 is 42.4 Å². The standard InChI is InChI=1S/C50H70O9Si/c1-35(2)60(36(3)4,37(5)6)57-32-45-47(56-34-53-9)46(59-49(58-45)43-23-17-12-18-24-43)44-27-41(29-51)25-26-50(44,33-55-48(52)42-21-15-11-16-22-42)28-38(7)39(8)30-54-31-40-19-13-10-14-20-40/h10-24,27,29,35-39,44-47,49H,25-26,28,30-34H2,1-9H3/t38-,39-,44+,45+,46-,47+,49+,50-/m0/s1. The van der Waals surface area contributed by atoms with Crippen LogP contribution in [0.3, 0.4) is 0 Å². The Labute approximate surface area is 360 Å². The van der Waals surface area contributed by atoms with Gasteiger partial charge in [-0.15, -0.1) is 0 Å². The maximum atomic E-state index is 13.7. The lowest BCUT2D eigenvalue weighted by Crippen LogP contribution is -2.59. The fourth-order valence-electron chi connectivity index (χ4n) is 9.83. The molecule has 0 saturated carbocycles. The van der Waals surface area contributed by atoms with Gasteiger partial charge in [-0.05, 0) is 71.0 Å². The van der Waals surface area contributed by atoms with E-state index in [1.54, 1.807) is 19.2 Å². The molecule has 0 spiro atoms. The molecule has 1 saturated heterocycles. The molecule has 328 valence electrons. The third kappa shape index (κ3) is 11.7. The van der Waals surface area contributed by atoms with E-state index in [0.717, 1.165) is 17.4 Å². The van der Waals surface area contributed by atoms with Crippen molar-refractivity contribution in [3.8, 4) is 0 Å². The van der Waals surface area contributed by atoms with Gasteiger partial charge in [0, 0.05) is 30.6 Å². The summed E-state index contributed by atoms with van der Waals surface area (Å²) in [6.07, 6.45) is 2.25. The third-order valence-electron chi connectivity index (χ3n) is 13.1. The number of ether oxygens (including phenoxy) is 6. The maximum Gasteiger partial charge on any atom is 0.338 e. The van der Waals surface area contributed by atoms with Crippen molar-refractivity contribution in [2.45, 2.75) is 122 Å². The SMILES string of the molecule is COCO[C@H]1[C@H]([C@H]2C=C(C=O)CC[C@@]2(COC(=O)c2ccccc2)C[C@H](C)[C@@H](C)COCc2ccccc2)O[C@H](c2ccccc2)O[C@@H]1CO[Si](C(C)C)(C(C)C)C(C)C. The van der Waals surface area contributed by atoms with Crippen LogP contribution in [0.2, 0.25) is 16.6 Å². The second-order valence-corrected chi connectivity index (χ2v) is 23.5. The van der Waals surface area contributed by atoms with Crippen molar-refractivity contribution in [2.24, 2.45) is 23.2 Å². The Balaban J connectivity index is 1.57. The molecule has 5 rings (SSSR count). The number of hydrogen-bond acceptors (Lipinski definition) is 9. The molecule has 0 bridgehead atoms. The Morgan fingerprint density at radius 2 is 1.45 bits per heavy atom. The summed E-state index contributed by atoms with van der Waals surface area (Å²) in [6.45, 7) is 19.6. The zero-order valence-electron chi connectivity index (χ0n) is 37.4. The fourth-order valence-corrected chi connectivity index (χ4v) is 15.3. The second-order valence-electron chi connectivity index (χ2n) is 18.0. The predicted octanol–water partition coefficient (Wildman–Crippen LogP) is 10.9. The molecule has 1 fully saturated rings. The van der Waals surface area contributed by atoms with E-state index < -0.39 is 50.2 Å². The van der Waals surface area contributed by atoms with Crippen LogP contribution in [0, 0.1) is 23.2 Å². The minimum absolute atomic E-state index is 0.000653. The van der Waals surface area contributed by atoms with Crippen molar-refractivity contribution in [1.29, 1.82) is 0 Å². The van der Waals surface area contributed by atoms with Crippen LogP contribution in [0.5, 0.6) is 0 Å². The summed E-state index contributed by atoms with van der Waals surface area (Å²) in [7, 11) is -0.736. The average molecular weight is 843 g/mol. The van der Waals surface area contributed by atoms with Gasteiger partial charge in [-0.2, -0.15) is 0 Å². The minimum atomic E-state index is -2.34. The van der Waals surface area contributed by atoms with E-state index in [4.69, 9.17) is 32.8 Å². The highest BCUT2D eigenvalue weighted by molar-refractivity contribution is 6.77. The smallest absolute Gasteiger partial charge is 0.338 e. The highest BCUT2D eigenvalue weighted by Gasteiger charge is 2.54. The first-order chi connectivity index (χ1) is 28.8. The lowest BCUT2D eigenvalue weighted by Gasteiger charge is -2.52. The first kappa shape index (κ1) is 47.6. The van der Waals surface area contributed by atoms with Crippen LogP contribution in [-0.2, 0) is 44.2 Å². The summed E-state index contributed by atoms with van der Waals surface area (Å²) >= 11 is 0. The first-order valence-corrected chi connectivity index (χ1v) is 24.1. The van der Waals surface area contributed by atoms with Crippen LogP contribution in [0.25, 0.3) is 0 Å². The molecule has 9 nitrogen and oxygen atoms in total. The predicted molar refractivity (Wildman–Crippen MR) is 238 cm³/mol. The minimum Gasteiger partial charge on any atom is -0.461 e. The molecule has 1 heterocycles. The Morgan fingerprint density at radius 1 is 0.833 bits per heavy atom. The Bertz CT molecular complexity index is 1750. The quantitative estimate of drug-likeness (QED) is 0.0424. The van der Waals surface area contributed by atoms with E-state index >= 15 is 0 Å². The van der Waals surface area contributed by atoms with Gasteiger partial charge in [0.15, 0.2) is 14.6 Å². The Hall–Kier alpha value is -3.48. The zero-order valence-corrected chi connectivity index (χ0v) is 38.4. The van der Waals surface area contributed by atoms with Gasteiger partial charge in [-0.25, -0.2) is 4.79 Å². The molecule has 10 heteroatoms. The van der Waals surface area contributed by atoms with Gasteiger partial charge in [0.1, 0.15) is 25.3 Å². The molecule has 3 aromatic carbocycles. The van der Waals surface area contributed by atoms with E-state index in [0.29, 0.717) is 66.8 Å². The van der Waals surface area contributed by atoms with E-state index in [9.17, 15) is 9.59 Å². The number of hydrogen-bond donors (Lipinski definition) is 0. The van der Waals surface area contributed by atoms with Crippen LogP contribution in [-0.4, -0.2) is 72.6 Å². The summed E-state index contributed by atoms with van der Waals surface area (Å²) in [5.41, 5.74) is 3.59. The molecule has 3 aromatic rings. The molecule has 0 amide bonds. The van der Waals surface area contributed by atoms with Crippen molar-refractivity contribution in [2.75, 3.05) is 33.7 Å². The van der Waals surface area contributed by atoms with E-state index in [2.05, 4.69) is 73.6 Å². The first-order valence-electron chi connectivity index (χ1n) is 21.9. The number of methoxy groups -OCH3 is 1. The lowest BCUT2D eigenvalue weighted by atomic mass is 9.60. The van der Waals surface area contributed by atoms with Gasteiger partial charge in [0.2, 0.25) is 0 Å². The van der Waals surface area contributed by atoms with Gasteiger partial charge in [0.05, 0.1) is 31.5 Å². The van der Waals surface area contributed by atoms with E-state index in [1.807, 2.05) is 66.7 Å². The van der Waals surface area contributed by atoms with Gasteiger partial charge >= 0.3 is 5.97 Å². The lowest BCUT2D eigenvalue weighted by molar-refractivity contribution is -0.323. The normalized spacial score (nSPS) is 24.6. The molecule has 8 atom stereocenters. The topological polar surface area (TPSA) is 98.8 Å². The monoisotopic (exact) mass is 842 g/mol. The molecule has 0 unspecified atom stereocenters. The number of allylic oxidation sites excluding steroid dienone is 1. The van der Waals surface area contributed by atoms with E-state index in [-0.39, 0.29) is 25.2 Å². The van der Waals surface area contributed by atoms with Crippen LogP contribution < -0.4 is 0 Å². The zero-order chi connectivity index (χ0) is 43.3. The Morgan fingerprint density at radius 3 is 2.05 bits per heavy atom. The van der Waals surface area contributed by atoms with Crippen LogP contribution >= 0.6 is 0 Å². The molecule has 0 N–H and O–H groups in total. The van der Waals surface area contributed by atoms with Gasteiger partial charge < -0.3 is 32.8 Å². The van der Waals surface area contributed by atoms with Crippen molar-refractivity contribution in [3.05, 3.63) is 119 Å². The molecule has 1 aliphatic carbocycles. The van der Waals surface area contributed by atoms with E-state index in [1.165, 1.54) is 0 Å². The van der Waals surface area contributed by atoms with Gasteiger partial charge in [-0.1, -0.05) is 140 Å². The van der Waals surface area contributed by atoms with Crippen molar-refractivity contribution in [3.63, 3.8) is 0 Å². The molecule has 60 heavy (non-hydrogen) atoms.